The molecule has 1 aromatic rings. The van der Waals surface area contributed by atoms with Gasteiger partial charge in [0.25, 0.3) is 0 Å². The van der Waals surface area contributed by atoms with Gasteiger partial charge in [0.1, 0.15) is 11.8 Å². The van der Waals surface area contributed by atoms with E-state index >= 15 is 0 Å². The molecule has 0 aliphatic carbocycles. The zero-order chi connectivity index (χ0) is 22.7. The Hall–Kier alpha value is -2.81. The molecule has 0 saturated carbocycles. The van der Waals surface area contributed by atoms with Gasteiger partial charge in [-0.15, -0.1) is 0 Å². The highest BCUT2D eigenvalue weighted by molar-refractivity contribution is 5.84. The summed E-state index contributed by atoms with van der Waals surface area (Å²) in [5.41, 5.74) is 0.716. The standard InChI is InChI=1S/C21H32N2O7/c1-5-29-19(26)17(11-15-7-9-16(24)10-8-15)22-21(28)23(12-14(3)4)13-18(25)20(27)30-6-2/h7-10,14,17-18,24-25H,5-6,11-13H2,1-4H3,(H,22,28)/t17-,18?/m0/s1. The van der Waals surface area contributed by atoms with Crippen molar-refractivity contribution in [2.45, 2.75) is 46.3 Å². The van der Waals surface area contributed by atoms with Crippen molar-refractivity contribution in [2.75, 3.05) is 26.3 Å². The van der Waals surface area contributed by atoms with Gasteiger partial charge in [0.15, 0.2) is 6.10 Å². The summed E-state index contributed by atoms with van der Waals surface area (Å²) in [7, 11) is 0. The summed E-state index contributed by atoms with van der Waals surface area (Å²) in [6.45, 7) is 7.32. The third kappa shape index (κ3) is 8.69. The second-order valence-electron chi connectivity index (χ2n) is 7.19. The summed E-state index contributed by atoms with van der Waals surface area (Å²) >= 11 is 0. The van der Waals surface area contributed by atoms with E-state index in [2.05, 4.69) is 5.32 Å². The second kappa shape index (κ2) is 12.7. The zero-order valence-electron chi connectivity index (χ0n) is 18.0. The predicted octanol–water partition coefficient (Wildman–Crippen LogP) is 1.46. The van der Waals surface area contributed by atoms with Crippen LogP contribution in [-0.2, 0) is 25.5 Å². The smallest absolute Gasteiger partial charge is 0.336 e. The van der Waals surface area contributed by atoms with Crippen LogP contribution in [0.1, 0.15) is 33.3 Å². The zero-order valence-corrected chi connectivity index (χ0v) is 18.0. The first-order chi connectivity index (χ1) is 14.2. The number of urea groups is 1. The van der Waals surface area contributed by atoms with Crippen molar-refractivity contribution < 1.29 is 34.1 Å². The van der Waals surface area contributed by atoms with Gasteiger partial charge in [-0.3, -0.25) is 0 Å². The molecular formula is C21H32N2O7. The van der Waals surface area contributed by atoms with E-state index in [0.29, 0.717) is 5.56 Å². The number of esters is 2. The van der Waals surface area contributed by atoms with E-state index in [0.717, 1.165) is 0 Å². The van der Waals surface area contributed by atoms with Crippen LogP contribution >= 0.6 is 0 Å². The van der Waals surface area contributed by atoms with Crippen LogP contribution in [0.25, 0.3) is 0 Å². The number of rotatable bonds is 11. The molecule has 0 bridgehead atoms. The molecule has 0 saturated heterocycles. The van der Waals surface area contributed by atoms with Gasteiger partial charge in [0.05, 0.1) is 19.8 Å². The van der Waals surface area contributed by atoms with Crippen molar-refractivity contribution >= 4 is 18.0 Å². The molecule has 2 atom stereocenters. The number of phenolic OH excluding ortho intramolecular Hbond substituents is 1. The van der Waals surface area contributed by atoms with Crippen molar-refractivity contribution in [3.05, 3.63) is 29.8 Å². The molecule has 0 aromatic heterocycles. The van der Waals surface area contributed by atoms with Crippen LogP contribution in [0.5, 0.6) is 5.75 Å². The Bertz CT molecular complexity index is 691. The Morgan fingerprint density at radius 3 is 2.10 bits per heavy atom. The van der Waals surface area contributed by atoms with Crippen LogP contribution in [0.4, 0.5) is 4.79 Å². The van der Waals surface area contributed by atoms with E-state index in [1.807, 2.05) is 13.8 Å². The highest BCUT2D eigenvalue weighted by Crippen LogP contribution is 2.12. The number of carbonyl (C=O) groups is 3. The first-order valence-corrected chi connectivity index (χ1v) is 10.0. The lowest BCUT2D eigenvalue weighted by Crippen LogP contribution is -2.52. The number of carbonyl (C=O) groups excluding carboxylic acids is 3. The molecule has 168 valence electrons. The minimum atomic E-state index is -1.49. The van der Waals surface area contributed by atoms with Gasteiger partial charge in [-0.2, -0.15) is 0 Å². The lowest BCUT2D eigenvalue weighted by Gasteiger charge is -2.28. The number of phenols is 1. The monoisotopic (exact) mass is 424 g/mol. The normalized spacial score (nSPS) is 12.7. The number of amides is 2. The van der Waals surface area contributed by atoms with E-state index in [9.17, 15) is 24.6 Å². The Kier molecular flexibility index (Phi) is 10.7. The van der Waals surface area contributed by atoms with Gasteiger partial charge in [0.2, 0.25) is 0 Å². The Balaban J connectivity index is 2.95. The fourth-order valence-corrected chi connectivity index (χ4v) is 2.75. The number of aliphatic hydroxyl groups excluding tert-OH is 1. The lowest BCUT2D eigenvalue weighted by molar-refractivity contribution is -0.153. The molecule has 1 aromatic carbocycles. The van der Waals surface area contributed by atoms with Gasteiger partial charge >= 0.3 is 18.0 Å². The Morgan fingerprint density at radius 2 is 1.57 bits per heavy atom. The largest absolute Gasteiger partial charge is 0.508 e. The summed E-state index contributed by atoms with van der Waals surface area (Å²) in [5, 5.41) is 22.1. The third-order valence-electron chi connectivity index (χ3n) is 4.07. The van der Waals surface area contributed by atoms with E-state index in [1.54, 1.807) is 26.0 Å². The van der Waals surface area contributed by atoms with Crippen molar-refractivity contribution in [2.24, 2.45) is 5.92 Å². The van der Waals surface area contributed by atoms with Crippen LogP contribution in [-0.4, -0.2) is 71.5 Å². The van der Waals surface area contributed by atoms with Crippen molar-refractivity contribution in [1.29, 1.82) is 0 Å². The molecule has 0 radical (unpaired) electrons. The van der Waals surface area contributed by atoms with Gasteiger partial charge < -0.3 is 29.9 Å². The van der Waals surface area contributed by atoms with Crippen LogP contribution < -0.4 is 5.32 Å². The molecule has 0 fully saturated rings. The molecule has 30 heavy (non-hydrogen) atoms. The first kappa shape index (κ1) is 25.2. The maximum Gasteiger partial charge on any atom is 0.336 e. The number of aliphatic hydroxyl groups is 1. The maximum absolute atomic E-state index is 12.9. The molecule has 1 unspecified atom stereocenters. The van der Waals surface area contributed by atoms with Gasteiger partial charge in [-0.05, 0) is 37.5 Å². The predicted molar refractivity (Wildman–Crippen MR) is 110 cm³/mol. The highest BCUT2D eigenvalue weighted by Gasteiger charge is 2.28. The number of benzene rings is 1. The fourth-order valence-electron chi connectivity index (χ4n) is 2.75. The van der Waals surface area contributed by atoms with E-state index in [4.69, 9.17) is 9.47 Å². The molecule has 9 heteroatoms. The average molecular weight is 424 g/mol. The fraction of sp³-hybridized carbons (Fsp3) is 0.571. The van der Waals surface area contributed by atoms with Gasteiger partial charge in [-0.25, -0.2) is 14.4 Å². The molecule has 0 aliphatic heterocycles. The number of aromatic hydroxyl groups is 1. The number of ether oxygens (including phenoxy) is 2. The molecule has 0 heterocycles. The van der Waals surface area contributed by atoms with Gasteiger partial charge in [-0.1, -0.05) is 26.0 Å². The molecule has 0 spiro atoms. The third-order valence-corrected chi connectivity index (χ3v) is 4.07. The topological polar surface area (TPSA) is 125 Å². The van der Waals surface area contributed by atoms with Crippen LogP contribution in [0, 0.1) is 5.92 Å². The second-order valence-corrected chi connectivity index (χ2v) is 7.19. The van der Waals surface area contributed by atoms with E-state index < -0.39 is 30.1 Å². The van der Waals surface area contributed by atoms with Crippen molar-refractivity contribution in [3.63, 3.8) is 0 Å². The maximum atomic E-state index is 12.9. The van der Waals surface area contributed by atoms with Crippen LogP contribution in [0.3, 0.4) is 0 Å². The summed E-state index contributed by atoms with van der Waals surface area (Å²) in [4.78, 5) is 38.3. The minimum Gasteiger partial charge on any atom is -0.508 e. The molecular weight excluding hydrogens is 392 g/mol. The molecule has 1 rings (SSSR count). The molecule has 9 nitrogen and oxygen atoms in total. The quantitative estimate of drug-likeness (QED) is 0.459. The molecule has 2 amide bonds. The summed E-state index contributed by atoms with van der Waals surface area (Å²) in [6, 6.07) is 4.68. The summed E-state index contributed by atoms with van der Waals surface area (Å²) in [6.07, 6.45) is -1.34. The highest BCUT2D eigenvalue weighted by atomic mass is 16.5. The number of nitrogens with zero attached hydrogens (tertiary/aromatic N) is 1. The minimum absolute atomic E-state index is 0.0586. The van der Waals surface area contributed by atoms with Crippen molar-refractivity contribution in [3.8, 4) is 5.75 Å². The number of hydrogen-bond acceptors (Lipinski definition) is 7. The van der Waals surface area contributed by atoms with Crippen LogP contribution in [0.2, 0.25) is 0 Å². The average Bonchev–Trinajstić information content (AvgIpc) is 2.68. The number of nitrogens with one attached hydrogen (secondary N) is 1. The van der Waals surface area contributed by atoms with Crippen LogP contribution in [0.15, 0.2) is 24.3 Å². The Labute approximate surface area is 177 Å². The van der Waals surface area contributed by atoms with E-state index in [-0.39, 0.29) is 44.4 Å². The van der Waals surface area contributed by atoms with Gasteiger partial charge in [0, 0.05) is 13.0 Å². The molecule has 3 N–H and O–H groups in total. The molecule has 0 aliphatic rings. The lowest BCUT2D eigenvalue weighted by atomic mass is 10.1. The van der Waals surface area contributed by atoms with Crippen molar-refractivity contribution in [1.82, 2.24) is 10.2 Å². The SMILES string of the molecule is CCOC(=O)C(O)CN(CC(C)C)C(=O)N[C@@H](Cc1ccc(O)cc1)C(=O)OCC. The summed E-state index contributed by atoms with van der Waals surface area (Å²) in [5.74, 6) is -1.27. The number of hydrogen-bond donors (Lipinski definition) is 3. The van der Waals surface area contributed by atoms with E-state index in [1.165, 1.54) is 17.0 Å². The Morgan fingerprint density at radius 1 is 1.00 bits per heavy atom. The summed E-state index contributed by atoms with van der Waals surface area (Å²) < 4.78 is 9.86. The first-order valence-electron chi connectivity index (χ1n) is 10.0.